The van der Waals surface area contributed by atoms with Gasteiger partial charge in [-0.25, -0.2) is 0 Å². The molecule has 25 heavy (non-hydrogen) atoms. The summed E-state index contributed by atoms with van der Waals surface area (Å²) in [7, 11) is 0. The van der Waals surface area contributed by atoms with Crippen molar-refractivity contribution in [2.45, 2.75) is 32.7 Å². The Morgan fingerprint density at radius 1 is 1.04 bits per heavy atom. The number of amides is 2. The highest BCUT2D eigenvalue weighted by Gasteiger charge is 2.13. The first-order valence-corrected chi connectivity index (χ1v) is 8.77. The standard InChI is InChI=1S/C20H23ClN2O2/c1-3-18(15-6-4-14(2)5-7-15)23-19(24)12-13-22-20(25)16-8-10-17(21)11-9-16/h4-11,18H,3,12-13H2,1-2H3,(H,22,25)(H,23,24)/t18-/m0/s1. The molecule has 0 fully saturated rings. The molecule has 2 amide bonds. The number of rotatable bonds is 7. The minimum Gasteiger partial charge on any atom is -0.352 e. The summed E-state index contributed by atoms with van der Waals surface area (Å²) >= 11 is 5.80. The molecule has 0 bridgehead atoms. The second-order valence-electron chi connectivity index (χ2n) is 5.95. The van der Waals surface area contributed by atoms with Crippen LogP contribution in [0.3, 0.4) is 0 Å². The molecule has 0 unspecified atom stereocenters. The van der Waals surface area contributed by atoms with Crippen molar-refractivity contribution >= 4 is 23.4 Å². The Balaban J connectivity index is 1.80. The van der Waals surface area contributed by atoms with Crippen LogP contribution in [-0.4, -0.2) is 18.4 Å². The fourth-order valence-electron chi connectivity index (χ4n) is 2.48. The summed E-state index contributed by atoms with van der Waals surface area (Å²) in [5.74, 6) is -0.293. The third kappa shape index (κ3) is 5.91. The minimum absolute atomic E-state index is 0.0138. The van der Waals surface area contributed by atoms with Crippen LogP contribution in [0.1, 0.15) is 47.3 Å². The molecule has 0 radical (unpaired) electrons. The molecular weight excluding hydrogens is 336 g/mol. The van der Waals surface area contributed by atoms with Crippen molar-refractivity contribution in [1.82, 2.24) is 10.6 Å². The van der Waals surface area contributed by atoms with E-state index in [0.717, 1.165) is 12.0 Å². The molecule has 0 aromatic heterocycles. The van der Waals surface area contributed by atoms with E-state index in [1.165, 1.54) is 5.56 Å². The summed E-state index contributed by atoms with van der Waals surface area (Å²) in [6, 6.07) is 14.8. The number of carbonyl (C=O) groups excluding carboxylic acids is 2. The van der Waals surface area contributed by atoms with Gasteiger partial charge < -0.3 is 10.6 Å². The third-order valence-electron chi connectivity index (χ3n) is 3.97. The van der Waals surface area contributed by atoms with Crippen molar-refractivity contribution < 1.29 is 9.59 Å². The normalized spacial score (nSPS) is 11.6. The number of hydrogen-bond acceptors (Lipinski definition) is 2. The van der Waals surface area contributed by atoms with Crippen LogP contribution in [0.25, 0.3) is 0 Å². The first-order chi connectivity index (χ1) is 12.0. The Morgan fingerprint density at radius 3 is 2.28 bits per heavy atom. The van der Waals surface area contributed by atoms with Crippen molar-refractivity contribution in [1.29, 1.82) is 0 Å². The van der Waals surface area contributed by atoms with E-state index < -0.39 is 0 Å². The zero-order chi connectivity index (χ0) is 18.2. The van der Waals surface area contributed by atoms with E-state index in [4.69, 9.17) is 11.6 Å². The SMILES string of the molecule is CC[C@H](NC(=O)CCNC(=O)c1ccc(Cl)cc1)c1ccc(C)cc1. The van der Waals surface area contributed by atoms with Gasteiger partial charge in [-0.15, -0.1) is 0 Å². The smallest absolute Gasteiger partial charge is 0.251 e. The van der Waals surface area contributed by atoms with Crippen molar-refractivity contribution in [3.05, 3.63) is 70.2 Å². The van der Waals surface area contributed by atoms with Crippen LogP contribution in [0.2, 0.25) is 5.02 Å². The van der Waals surface area contributed by atoms with Crippen molar-refractivity contribution in [3.8, 4) is 0 Å². The lowest BCUT2D eigenvalue weighted by Gasteiger charge is -2.18. The molecule has 0 saturated heterocycles. The van der Waals surface area contributed by atoms with Crippen molar-refractivity contribution in [3.63, 3.8) is 0 Å². The second-order valence-corrected chi connectivity index (χ2v) is 6.39. The molecule has 0 aliphatic rings. The predicted molar refractivity (Wildman–Crippen MR) is 101 cm³/mol. The molecule has 2 N–H and O–H groups in total. The van der Waals surface area contributed by atoms with Gasteiger partial charge in [0.1, 0.15) is 0 Å². The zero-order valence-corrected chi connectivity index (χ0v) is 15.3. The van der Waals surface area contributed by atoms with Gasteiger partial charge in [0.05, 0.1) is 6.04 Å². The van der Waals surface area contributed by atoms with E-state index in [1.807, 2.05) is 38.1 Å². The summed E-state index contributed by atoms with van der Waals surface area (Å²) in [4.78, 5) is 24.1. The Kier molecular flexibility index (Phi) is 7.02. The van der Waals surface area contributed by atoms with Crippen LogP contribution >= 0.6 is 11.6 Å². The highest BCUT2D eigenvalue weighted by Crippen LogP contribution is 2.17. The van der Waals surface area contributed by atoms with E-state index in [-0.39, 0.29) is 30.8 Å². The van der Waals surface area contributed by atoms with Crippen LogP contribution in [0.4, 0.5) is 0 Å². The van der Waals surface area contributed by atoms with Gasteiger partial charge in [0.25, 0.3) is 5.91 Å². The quantitative estimate of drug-likeness (QED) is 0.784. The van der Waals surface area contributed by atoms with Gasteiger partial charge in [-0.1, -0.05) is 48.4 Å². The van der Waals surface area contributed by atoms with E-state index in [2.05, 4.69) is 10.6 Å². The van der Waals surface area contributed by atoms with Crippen molar-refractivity contribution in [2.24, 2.45) is 0 Å². The molecule has 1 atom stereocenters. The van der Waals surface area contributed by atoms with E-state index in [9.17, 15) is 9.59 Å². The van der Waals surface area contributed by atoms with Crippen molar-refractivity contribution in [2.75, 3.05) is 6.54 Å². The molecule has 2 aromatic rings. The summed E-state index contributed by atoms with van der Waals surface area (Å²) in [6.07, 6.45) is 1.05. The number of hydrogen-bond donors (Lipinski definition) is 2. The first-order valence-electron chi connectivity index (χ1n) is 8.39. The molecule has 4 nitrogen and oxygen atoms in total. The average Bonchev–Trinajstić information content (AvgIpc) is 2.61. The van der Waals surface area contributed by atoms with E-state index in [1.54, 1.807) is 24.3 Å². The lowest BCUT2D eigenvalue weighted by molar-refractivity contribution is -0.121. The van der Waals surface area contributed by atoms with Gasteiger partial charge in [0, 0.05) is 23.6 Å². The molecular formula is C20H23ClN2O2. The maximum atomic E-state index is 12.1. The third-order valence-corrected chi connectivity index (χ3v) is 4.22. The summed E-state index contributed by atoms with van der Waals surface area (Å²) in [6.45, 7) is 4.36. The monoisotopic (exact) mass is 358 g/mol. The molecule has 0 saturated carbocycles. The predicted octanol–water partition coefficient (Wildman–Crippen LogP) is 4.04. The van der Waals surface area contributed by atoms with Crippen LogP contribution < -0.4 is 10.6 Å². The van der Waals surface area contributed by atoms with Gasteiger partial charge in [-0.05, 0) is 43.2 Å². The number of carbonyl (C=O) groups is 2. The number of halogens is 1. The Morgan fingerprint density at radius 2 is 1.68 bits per heavy atom. The van der Waals surface area contributed by atoms with Gasteiger partial charge in [0.2, 0.25) is 5.91 Å². The molecule has 2 rings (SSSR count). The van der Waals surface area contributed by atoms with E-state index >= 15 is 0 Å². The van der Waals surface area contributed by atoms with Crippen LogP contribution in [-0.2, 0) is 4.79 Å². The van der Waals surface area contributed by atoms with Gasteiger partial charge >= 0.3 is 0 Å². The molecule has 0 heterocycles. The highest BCUT2D eigenvalue weighted by molar-refractivity contribution is 6.30. The number of aryl methyl sites for hydroxylation is 1. The van der Waals surface area contributed by atoms with Crippen LogP contribution in [0, 0.1) is 6.92 Å². The lowest BCUT2D eigenvalue weighted by Crippen LogP contribution is -2.32. The first kappa shape index (κ1) is 19.0. The van der Waals surface area contributed by atoms with Gasteiger partial charge in [0.15, 0.2) is 0 Å². The van der Waals surface area contributed by atoms with Gasteiger partial charge in [-0.2, -0.15) is 0 Å². The Hall–Kier alpha value is -2.33. The molecule has 5 heteroatoms. The number of nitrogens with one attached hydrogen (secondary N) is 2. The lowest BCUT2D eigenvalue weighted by atomic mass is 10.0. The maximum absolute atomic E-state index is 12.1. The Labute approximate surface area is 153 Å². The molecule has 0 aliphatic carbocycles. The summed E-state index contributed by atoms with van der Waals surface area (Å²) < 4.78 is 0. The average molecular weight is 359 g/mol. The Bertz CT molecular complexity index is 711. The maximum Gasteiger partial charge on any atom is 0.251 e. The zero-order valence-electron chi connectivity index (χ0n) is 14.5. The topological polar surface area (TPSA) is 58.2 Å². The molecule has 0 aliphatic heterocycles. The van der Waals surface area contributed by atoms with Gasteiger partial charge in [-0.3, -0.25) is 9.59 Å². The molecule has 132 valence electrons. The highest BCUT2D eigenvalue weighted by atomic mass is 35.5. The second kappa shape index (κ2) is 9.23. The van der Waals surface area contributed by atoms with E-state index in [0.29, 0.717) is 10.6 Å². The largest absolute Gasteiger partial charge is 0.352 e. The van der Waals surface area contributed by atoms with Crippen LogP contribution in [0.15, 0.2) is 48.5 Å². The molecule has 2 aromatic carbocycles. The summed E-state index contributed by atoms with van der Waals surface area (Å²) in [5, 5.41) is 6.34. The van der Waals surface area contributed by atoms with Crippen LogP contribution in [0.5, 0.6) is 0 Å². The number of benzene rings is 2. The fraction of sp³-hybridized carbons (Fsp3) is 0.300. The molecule has 0 spiro atoms. The minimum atomic E-state index is -0.213. The fourth-order valence-corrected chi connectivity index (χ4v) is 2.61. The summed E-state index contributed by atoms with van der Waals surface area (Å²) in [5.41, 5.74) is 2.80.